The Hall–Kier alpha value is -1.00. The average Bonchev–Trinajstić information content (AvgIpc) is 2.51. The number of carboxylic acids is 1. The number of nitrogens with zero attached hydrogens (tertiary/aromatic N) is 1. The largest absolute Gasteiger partial charge is 0.477 e. The van der Waals surface area contributed by atoms with Crippen molar-refractivity contribution in [3.05, 3.63) is 22.2 Å². The lowest BCUT2D eigenvalue weighted by Gasteiger charge is -1.96. The van der Waals surface area contributed by atoms with Gasteiger partial charge in [0.05, 0.1) is 14.6 Å². The zero-order chi connectivity index (χ0) is 9.59. The molecule has 0 amide bonds. The zero-order valence-electron chi connectivity index (χ0n) is 6.74. The van der Waals surface area contributed by atoms with E-state index in [1.807, 2.05) is 0 Å². The third-order valence-corrected chi connectivity index (χ3v) is 3.12. The molecule has 0 unspecified atom stereocenters. The normalized spacial score (nSPS) is 10.9. The summed E-state index contributed by atoms with van der Waals surface area (Å²) in [7, 11) is 1.72. The Morgan fingerprint density at radius 2 is 2.31 bits per heavy atom. The number of hydrogen-bond acceptors (Lipinski definition) is 2. The van der Waals surface area contributed by atoms with E-state index in [4.69, 9.17) is 16.7 Å². The predicted octanol–water partition coefficient (Wildman–Crippen LogP) is 2.59. The van der Waals surface area contributed by atoms with E-state index in [0.717, 1.165) is 10.2 Å². The number of aryl methyl sites for hydroxylation is 1. The van der Waals surface area contributed by atoms with Crippen molar-refractivity contribution in [1.29, 1.82) is 0 Å². The molecule has 0 fully saturated rings. The van der Waals surface area contributed by atoms with Crippen LogP contribution in [0.3, 0.4) is 0 Å². The van der Waals surface area contributed by atoms with Gasteiger partial charge in [0.2, 0.25) is 0 Å². The first-order valence-electron chi connectivity index (χ1n) is 3.57. The van der Waals surface area contributed by atoms with Crippen LogP contribution in [0.15, 0.2) is 12.1 Å². The van der Waals surface area contributed by atoms with Gasteiger partial charge in [0.15, 0.2) is 0 Å². The average molecular weight is 216 g/mol. The van der Waals surface area contributed by atoms with Crippen LogP contribution in [0.1, 0.15) is 10.5 Å². The highest BCUT2D eigenvalue weighted by Gasteiger charge is 2.13. The number of carboxylic acid groups (broad SMARTS) is 1. The highest BCUT2D eigenvalue weighted by Crippen LogP contribution is 2.31. The third-order valence-electron chi connectivity index (χ3n) is 1.92. The van der Waals surface area contributed by atoms with Gasteiger partial charge in [-0.15, -0.1) is 11.3 Å². The fourth-order valence-corrected chi connectivity index (χ4v) is 2.49. The van der Waals surface area contributed by atoms with Crippen molar-refractivity contribution < 1.29 is 9.90 Å². The van der Waals surface area contributed by atoms with E-state index in [0.29, 0.717) is 4.34 Å². The van der Waals surface area contributed by atoms with Crippen molar-refractivity contribution in [3.63, 3.8) is 0 Å². The summed E-state index contributed by atoms with van der Waals surface area (Å²) < 4.78 is 3.21. The maximum atomic E-state index is 10.7. The van der Waals surface area contributed by atoms with Crippen LogP contribution >= 0.6 is 22.9 Å². The highest BCUT2D eigenvalue weighted by molar-refractivity contribution is 7.22. The van der Waals surface area contributed by atoms with Crippen molar-refractivity contribution in [2.24, 2.45) is 7.05 Å². The fraction of sp³-hybridized carbons (Fsp3) is 0.125. The van der Waals surface area contributed by atoms with Gasteiger partial charge in [0.25, 0.3) is 0 Å². The van der Waals surface area contributed by atoms with Gasteiger partial charge in [-0.2, -0.15) is 0 Å². The molecule has 2 aromatic rings. The molecule has 0 saturated carbocycles. The molecule has 0 aliphatic heterocycles. The van der Waals surface area contributed by atoms with Gasteiger partial charge in [-0.25, -0.2) is 4.79 Å². The Balaban J connectivity index is 2.76. The Kier molecular flexibility index (Phi) is 1.82. The summed E-state index contributed by atoms with van der Waals surface area (Å²) in [6.07, 6.45) is 0. The predicted molar refractivity (Wildman–Crippen MR) is 52.8 cm³/mol. The third kappa shape index (κ3) is 1.22. The Morgan fingerprint density at radius 1 is 1.62 bits per heavy atom. The van der Waals surface area contributed by atoms with E-state index in [1.54, 1.807) is 23.7 Å². The smallest absolute Gasteiger partial charge is 0.352 e. The molecule has 2 aromatic heterocycles. The van der Waals surface area contributed by atoms with Crippen LogP contribution in [0.2, 0.25) is 4.34 Å². The lowest BCUT2D eigenvalue weighted by atomic mass is 10.4. The summed E-state index contributed by atoms with van der Waals surface area (Å²) in [5.41, 5.74) is 1.16. The van der Waals surface area contributed by atoms with Crippen molar-refractivity contribution in [1.82, 2.24) is 4.57 Å². The SMILES string of the molecule is Cn1c(C(=O)O)cc2sc(Cl)cc21. The first kappa shape index (κ1) is 8.59. The second-order valence-electron chi connectivity index (χ2n) is 2.69. The first-order chi connectivity index (χ1) is 6.09. The summed E-state index contributed by atoms with van der Waals surface area (Å²) in [4.78, 5) is 10.7. The molecule has 2 rings (SSSR count). The monoisotopic (exact) mass is 215 g/mol. The number of halogens is 1. The number of hydrogen-bond donors (Lipinski definition) is 1. The minimum Gasteiger partial charge on any atom is -0.477 e. The van der Waals surface area contributed by atoms with Crippen molar-refractivity contribution in [3.8, 4) is 0 Å². The van der Waals surface area contributed by atoms with Crippen LogP contribution in [-0.2, 0) is 7.05 Å². The summed E-state index contributed by atoms with van der Waals surface area (Å²) in [6.45, 7) is 0. The Morgan fingerprint density at radius 3 is 2.85 bits per heavy atom. The molecule has 3 nitrogen and oxygen atoms in total. The van der Waals surface area contributed by atoms with Gasteiger partial charge in [0, 0.05) is 7.05 Å². The topological polar surface area (TPSA) is 42.2 Å². The molecule has 0 aliphatic carbocycles. The van der Waals surface area contributed by atoms with Gasteiger partial charge in [0.1, 0.15) is 5.69 Å². The molecular formula is C8H6ClNO2S. The van der Waals surface area contributed by atoms with Gasteiger partial charge >= 0.3 is 5.97 Å². The molecule has 0 aliphatic rings. The Labute approximate surface area is 83.2 Å². The summed E-state index contributed by atoms with van der Waals surface area (Å²) >= 11 is 7.17. The van der Waals surface area contributed by atoms with Crippen molar-refractivity contribution in [2.45, 2.75) is 0 Å². The lowest BCUT2D eigenvalue weighted by Crippen LogP contribution is -2.03. The van der Waals surface area contributed by atoms with Crippen LogP contribution in [0.4, 0.5) is 0 Å². The molecule has 0 aromatic carbocycles. The standard InChI is InChI=1S/C8H6ClNO2S/c1-10-4-3-7(9)13-6(4)2-5(10)8(11)12/h2-3H,1H3,(H,11,12). The van der Waals surface area contributed by atoms with E-state index < -0.39 is 5.97 Å². The van der Waals surface area contributed by atoms with Crippen molar-refractivity contribution in [2.75, 3.05) is 0 Å². The summed E-state index contributed by atoms with van der Waals surface area (Å²) in [5.74, 6) is -0.915. The second kappa shape index (κ2) is 2.75. The number of thiophene rings is 1. The molecule has 0 spiro atoms. The number of fused-ring (bicyclic) bond motifs is 1. The van der Waals surface area contributed by atoms with Crippen LogP contribution < -0.4 is 0 Å². The minimum atomic E-state index is -0.915. The molecule has 0 atom stereocenters. The number of aromatic carboxylic acids is 1. The van der Waals surface area contributed by atoms with E-state index in [-0.39, 0.29) is 5.69 Å². The number of carbonyl (C=O) groups is 1. The fourth-order valence-electron chi connectivity index (χ4n) is 1.29. The molecule has 0 saturated heterocycles. The minimum absolute atomic E-state index is 0.290. The quantitative estimate of drug-likeness (QED) is 0.795. The van der Waals surface area contributed by atoms with Crippen molar-refractivity contribution >= 4 is 39.1 Å². The van der Waals surface area contributed by atoms with Crippen LogP contribution in [-0.4, -0.2) is 15.6 Å². The summed E-state index contributed by atoms with van der Waals surface area (Å²) in [5, 5.41) is 8.81. The molecule has 2 heterocycles. The van der Waals surface area contributed by atoms with E-state index in [2.05, 4.69) is 0 Å². The van der Waals surface area contributed by atoms with Crippen LogP contribution in [0.25, 0.3) is 10.2 Å². The summed E-state index contributed by atoms with van der Waals surface area (Å²) in [6, 6.07) is 3.40. The molecule has 5 heteroatoms. The highest BCUT2D eigenvalue weighted by atomic mass is 35.5. The number of rotatable bonds is 1. The van der Waals surface area contributed by atoms with Gasteiger partial charge in [-0.05, 0) is 12.1 Å². The van der Waals surface area contributed by atoms with Crippen LogP contribution in [0.5, 0.6) is 0 Å². The maximum Gasteiger partial charge on any atom is 0.352 e. The zero-order valence-corrected chi connectivity index (χ0v) is 8.32. The van der Waals surface area contributed by atoms with Gasteiger partial charge < -0.3 is 9.67 Å². The Bertz CT molecular complexity index is 486. The number of aromatic nitrogens is 1. The molecule has 68 valence electrons. The van der Waals surface area contributed by atoms with Gasteiger partial charge in [-0.3, -0.25) is 0 Å². The van der Waals surface area contributed by atoms with Crippen LogP contribution in [0, 0.1) is 0 Å². The molecule has 0 bridgehead atoms. The van der Waals surface area contributed by atoms with Gasteiger partial charge in [-0.1, -0.05) is 11.6 Å². The first-order valence-corrected chi connectivity index (χ1v) is 4.77. The molecule has 13 heavy (non-hydrogen) atoms. The molecule has 1 N–H and O–H groups in total. The second-order valence-corrected chi connectivity index (χ2v) is 4.41. The molecule has 0 radical (unpaired) electrons. The van der Waals surface area contributed by atoms with E-state index >= 15 is 0 Å². The molecular weight excluding hydrogens is 210 g/mol. The lowest BCUT2D eigenvalue weighted by molar-refractivity contribution is 0.0687. The van der Waals surface area contributed by atoms with E-state index in [9.17, 15) is 4.79 Å². The van der Waals surface area contributed by atoms with E-state index in [1.165, 1.54) is 11.3 Å². The maximum absolute atomic E-state index is 10.7.